The lowest BCUT2D eigenvalue weighted by Gasteiger charge is -2.12. The van der Waals surface area contributed by atoms with Crippen LogP contribution in [-0.2, 0) is 0 Å². The molecule has 0 aliphatic rings. The summed E-state index contributed by atoms with van der Waals surface area (Å²) in [4.78, 5) is 1.87. The minimum atomic E-state index is 0.532. The Bertz CT molecular complexity index is 546. The third kappa shape index (κ3) is 2.71. The lowest BCUT2D eigenvalue weighted by molar-refractivity contribution is 0.479. The summed E-state index contributed by atoms with van der Waals surface area (Å²) < 4.78 is 5.80. The number of aromatic amines is 1. The molecule has 1 aromatic heterocycles. The number of anilines is 1. The number of halogens is 2. The van der Waals surface area contributed by atoms with Crippen molar-refractivity contribution in [1.82, 2.24) is 10.2 Å². The van der Waals surface area contributed by atoms with Crippen LogP contribution >= 0.6 is 23.2 Å². The average molecular weight is 286 g/mol. The molecule has 1 heterocycles. The fourth-order valence-electron chi connectivity index (χ4n) is 1.54. The van der Waals surface area contributed by atoms with Gasteiger partial charge in [0.25, 0.3) is 0 Å². The first kappa shape index (κ1) is 13.1. The van der Waals surface area contributed by atoms with Crippen LogP contribution in [0.25, 0.3) is 0 Å². The molecule has 0 bridgehead atoms. The molecule has 0 aliphatic heterocycles. The van der Waals surface area contributed by atoms with E-state index < -0.39 is 0 Å². The molecule has 1 N–H and O–H groups in total. The molecule has 18 heavy (non-hydrogen) atoms. The summed E-state index contributed by atoms with van der Waals surface area (Å²) in [7, 11) is 3.79. The van der Waals surface area contributed by atoms with Crippen molar-refractivity contribution >= 4 is 29.0 Å². The number of rotatable bonds is 3. The Balaban J connectivity index is 2.36. The molecule has 2 rings (SSSR count). The quantitative estimate of drug-likeness (QED) is 0.930. The van der Waals surface area contributed by atoms with E-state index in [4.69, 9.17) is 27.9 Å². The highest BCUT2D eigenvalue weighted by atomic mass is 35.5. The molecule has 0 saturated heterocycles. The van der Waals surface area contributed by atoms with Gasteiger partial charge in [-0.1, -0.05) is 23.2 Å². The summed E-state index contributed by atoms with van der Waals surface area (Å²) in [6.07, 6.45) is 0. The molecule has 4 nitrogen and oxygen atoms in total. The Labute approximate surface area is 115 Å². The van der Waals surface area contributed by atoms with Crippen LogP contribution < -0.4 is 9.64 Å². The van der Waals surface area contributed by atoms with Gasteiger partial charge >= 0.3 is 0 Å². The molecule has 0 aliphatic carbocycles. The molecule has 0 fully saturated rings. The highest BCUT2D eigenvalue weighted by molar-refractivity contribution is 6.34. The molecule has 2 aromatic rings. The van der Waals surface area contributed by atoms with E-state index in [1.54, 1.807) is 18.2 Å². The Morgan fingerprint density at radius 3 is 2.33 bits per heavy atom. The number of benzene rings is 1. The van der Waals surface area contributed by atoms with E-state index >= 15 is 0 Å². The number of aromatic nitrogens is 2. The summed E-state index contributed by atoms with van der Waals surface area (Å²) in [5.74, 6) is 1.97. The number of hydrogen-bond donors (Lipinski definition) is 1. The molecule has 96 valence electrons. The number of aryl methyl sites for hydroxylation is 1. The normalized spacial score (nSPS) is 10.5. The fraction of sp³-hybridized carbons (Fsp3) is 0.250. The van der Waals surface area contributed by atoms with Gasteiger partial charge in [0.05, 0.1) is 5.69 Å². The van der Waals surface area contributed by atoms with Crippen molar-refractivity contribution in [3.8, 4) is 11.5 Å². The number of nitrogens with zero attached hydrogens (tertiary/aromatic N) is 2. The maximum atomic E-state index is 5.93. The Morgan fingerprint density at radius 1 is 1.17 bits per heavy atom. The third-order valence-electron chi connectivity index (χ3n) is 2.35. The number of ether oxygens (including phenoxy) is 1. The Kier molecular flexibility index (Phi) is 3.68. The second-order valence-electron chi connectivity index (χ2n) is 4.10. The summed E-state index contributed by atoms with van der Waals surface area (Å²) >= 11 is 11.9. The van der Waals surface area contributed by atoms with Crippen LogP contribution in [0.15, 0.2) is 18.2 Å². The highest BCUT2D eigenvalue weighted by Crippen LogP contribution is 2.34. The van der Waals surface area contributed by atoms with E-state index in [1.807, 2.05) is 25.9 Å². The van der Waals surface area contributed by atoms with E-state index in [0.29, 0.717) is 21.5 Å². The van der Waals surface area contributed by atoms with Crippen molar-refractivity contribution in [2.24, 2.45) is 0 Å². The molecular formula is C12H13Cl2N3O. The maximum absolute atomic E-state index is 5.93. The molecule has 0 unspecified atom stereocenters. The van der Waals surface area contributed by atoms with Crippen molar-refractivity contribution in [2.75, 3.05) is 19.0 Å². The van der Waals surface area contributed by atoms with Gasteiger partial charge < -0.3 is 9.64 Å². The first-order valence-electron chi connectivity index (χ1n) is 5.33. The number of hydrogen-bond acceptors (Lipinski definition) is 3. The van der Waals surface area contributed by atoms with E-state index in [-0.39, 0.29) is 0 Å². The van der Waals surface area contributed by atoms with Crippen LogP contribution in [0, 0.1) is 6.92 Å². The molecule has 0 amide bonds. The predicted octanol–water partition coefficient (Wildman–Crippen LogP) is 3.88. The van der Waals surface area contributed by atoms with Crippen molar-refractivity contribution in [1.29, 1.82) is 0 Å². The summed E-state index contributed by atoms with van der Waals surface area (Å²) in [5, 5.41) is 8.12. The second kappa shape index (κ2) is 5.08. The molecule has 0 atom stereocenters. The molecule has 0 radical (unpaired) electrons. The van der Waals surface area contributed by atoms with Crippen LogP contribution in [0.3, 0.4) is 0 Å². The minimum absolute atomic E-state index is 0.532. The monoisotopic (exact) mass is 285 g/mol. The maximum Gasteiger partial charge on any atom is 0.193 e. The van der Waals surface area contributed by atoms with Crippen LogP contribution in [0.1, 0.15) is 5.69 Å². The van der Waals surface area contributed by atoms with Crippen molar-refractivity contribution in [3.63, 3.8) is 0 Å². The van der Waals surface area contributed by atoms with Gasteiger partial charge in [-0.05, 0) is 25.1 Å². The molecule has 0 spiro atoms. The van der Waals surface area contributed by atoms with Gasteiger partial charge in [-0.15, -0.1) is 0 Å². The van der Waals surface area contributed by atoms with E-state index in [2.05, 4.69) is 10.2 Å². The zero-order chi connectivity index (χ0) is 13.3. The Hall–Kier alpha value is -1.39. The van der Waals surface area contributed by atoms with E-state index in [1.165, 1.54) is 0 Å². The van der Waals surface area contributed by atoms with Gasteiger partial charge in [-0.25, -0.2) is 0 Å². The van der Waals surface area contributed by atoms with Gasteiger partial charge in [-0.2, -0.15) is 5.10 Å². The minimum Gasteiger partial charge on any atom is -0.451 e. The first-order chi connectivity index (χ1) is 8.47. The first-order valence-corrected chi connectivity index (χ1v) is 6.09. The van der Waals surface area contributed by atoms with Crippen molar-refractivity contribution in [3.05, 3.63) is 33.9 Å². The zero-order valence-electron chi connectivity index (χ0n) is 10.3. The summed E-state index contributed by atoms with van der Waals surface area (Å²) in [6.45, 7) is 1.89. The molecule has 6 heteroatoms. The lowest BCUT2D eigenvalue weighted by atomic mass is 10.3. The van der Waals surface area contributed by atoms with Gasteiger partial charge in [0.2, 0.25) is 0 Å². The van der Waals surface area contributed by atoms with E-state index in [0.717, 1.165) is 11.5 Å². The summed E-state index contributed by atoms with van der Waals surface area (Å²) in [5.41, 5.74) is 0.842. The van der Waals surface area contributed by atoms with E-state index in [9.17, 15) is 0 Å². The van der Waals surface area contributed by atoms with Crippen LogP contribution in [0.4, 0.5) is 5.82 Å². The smallest absolute Gasteiger partial charge is 0.193 e. The van der Waals surface area contributed by atoms with Crippen molar-refractivity contribution < 1.29 is 4.74 Å². The molecule has 0 saturated carbocycles. The molecule has 1 aromatic carbocycles. The van der Waals surface area contributed by atoms with Crippen LogP contribution in [0.5, 0.6) is 11.5 Å². The predicted molar refractivity (Wildman–Crippen MR) is 74.2 cm³/mol. The second-order valence-corrected chi connectivity index (χ2v) is 4.98. The number of H-pyrrole nitrogens is 1. The highest BCUT2D eigenvalue weighted by Gasteiger charge is 2.14. The molecular weight excluding hydrogens is 273 g/mol. The van der Waals surface area contributed by atoms with Gasteiger partial charge in [0.1, 0.15) is 5.75 Å². The SMILES string of the molecule is Cc1[nH]nc(N(C)C)c1Oc1cc(Cl)cc(Cl)c1. The third-order valence-corrected chi connectivity index (χ3v) is 2.79. The topological polar surface area (TPSA) is 41.2 Å². The largest absolute Gasteiger partial charge is 0.451 e. The van der Waals surface area contributed by atoms with Gasteiger partial charge in [-0.3, -0.25) is 5.10 Å². The summed E-state index contributed by atoms with van der Waals surface area (Å²) in [6, 6.07) is 5.07. The van der Waals surface area contributed by atoms with Gasteiger partial charge in [0, 0.05) is 24.1 Å². The average Bonchev–Trinajstić information content (AvgIpc) is 2.59. The Morgan fingerprint density at radius 2 is 1.78 bits per heavy atom. The lowest BCUT2D eigenvalue weighted by Crippen LogP contribution is -2.10. The van der Waals surface area contributed by atoms with Crippen LogP contribution in [-0.4, -0.2) is 24.3 Å². The standard InChI is InChI=1S/C12H13Cl2N3O/c1-7-11(12(16-15-7)17(2)3)18-10-5-8(13)4-9(14)6-10/h4-6H,1-3H3,(H,15,16). The number of nitrogens with one attached hydrogen (secondary N) is 1. The van der Waals surface area contributed by atoms with Crippen molar-refractivity contribution in [2.45, 2.75) is 6.92 Å². The fourth-order valence-corrected chi connectivity index (χ4v) is 2.04. The van der Waals surface area contributed by atoms with Crippen LogP contribution in [0.2, 0.25) is 10.0 Å². The van der Waals surface area contributed by atoms with Gasteiger partial charge in [0.15, 0.2) is 11.6 Å². The zero-order valence-corrected chi connectivity index (χ0v) is 11.8.